The van der Waals surface area contributed by atoms with Gasteiger partial charge in [0.2, 0.25) is 10.0 Å². The molecule has 2 aromatic carbocycles. The number of aliphatic hydroxyl groups is 1. The maximum Gasteiger partial charge on any atom is 0.244 e. The molecular formula is C18H19F3N2O5S2. The van der Waals surface area contributed by atoms with Gasteiger partial charge in [0, 0.05) is 0 Å². The van der Waals surface area contributed by atoms with E-state index >= 15 is 4.39 Å². The molecule has 164 valence electrons. The van der Waals surface area contributed by atoms with E-state index in [1.165, 1.54) is 0 Å². The Morgan fingerprint density at radius 2 is 1.67 bits per heavy atom. The van der Waals surface area contributed by atoms with Crippen LogP contribution >= 0.6 is 0 Å². The minimum atomic E-state index is -5.06. The summed E-state index contributed by atoms with van der Waals surface area (Å²) in [6.45, 7) is -0.937. The van der Waals surface area contributed by atoms with Gasteiger partial charge in [-0.1, -0.05) is 24.3 Å². The van der Waals surface area contributed by atoms with Gasteiger partial charge in [0.15, 0.2) is 32.2 Å². The summed E-state index contributed by atoms with van der Waals surface area (Å²) in [6, 6.07) is 6.34. The van der Waals surface area contributed by atoms with Crippen molar-refractivity contribution in [2.75, 3.05) is 17.7 Å². The molecule has 0 bridgehead atoms. The van der Waals surface area contributed by atoms with Gasteiger partial charge in [0.05, 0.1) is 24.1 Å². The van der Waals surface area contributed by atoms with Crippen LogP contribution in [0.4, 0.5) is 18.9 Å². The fourth-order valence-electron chi connectivity index (χ4n) is 3.59. The maximum absolute atomic E-state index is 15.1. The molecule has 0 radical (unpaired) electrons. The molecule has 4 N–H and O–H groups in total. The van der Waals surface area contributed by atoms with Crippen molar-refractivity contribution in [1.29, 1.82) is 0 Å². The number of anilines is 1. The Morgan fingerprint density at radius 1 is 1.03 bits per heavy atom. The van der Waals surface area contributed by atoms with Gasteiger partial charge in [-0.25, -0.2) is 35.1 Å². The number of nitrogens with one attached hydrogen (secondary N) is 1. The second kappa shape index (κ2) is 8.17. The van der Waals surface area contributed by atoms with Crippen LogP contribution < -0.4 is 10.5 Å². The molecule has 0 saturated carbocycles. The second-order valence-electron chi connectivity index (χ2n) is 6.85. The molecule has 7 nitrogen and oxygen atoms in total. The lowest BCUT2D eigenvalue weighted by Gasteiger charge is -2.28. The number of hydrogen-bond acceptors (Lipinski definition) is 6. The predicted octanol–water partition coefficient (Wildman–Crippen LogP) is 2.01. The molecule has 0 unspecified atom stereocenters. The lowest BCUT2D eigenvalue weighted by molar-refractivity contribution is 0.319. The molecule has 1 aliphatic carbocycles. The van der Waals surface area contributed by atoms with Crippen LogP contribution in [0, 0.1) is 17.5 Å². The fraction of sp³-hybridized carbons (Fsp3) is 0.333. The van der Waals surface area contributed by atoms with Gasteiger partial charge in [0.25, 0.3) is 0 Å². The Labute approximate surface area is 171 Å². The summed E-state index contributed by atoms with van der Waals surface area (Å²) in [6.07, 6.45) is 1.76. The van der Waals surface area contributed by atoms with Gasteiger partial charge in [-0.15, -0.1) is 0 Å². The molecule has 1 atom stereocenters. The van der Waals surface area contributed by atoms with Crippen molar-refractivity contribution in [3.8, 4) is 0 Å². The monoisotopic (exact) mass is 464 g/mol. The minimum Gasteiger partial charge on any atom is -0.395 e. The number of primary sulfonamides is 1. The summed E-state index contributed by atoms with van der Waals surface area (Å²) in [5.41, 5.74) is 0.555. The molecule has 0 aliphatic heterocycles. The standard InChI is InChI=1S/C18H19F3N2O5S2/c19-13-14(20)18(29(25,26)9-8-24)16(15(21)17(13)30(22,27)28)23-12-7-3-5-10-4-1-2-6-11(10)12/h1-2,4,6,12,23-24H,3,5,7-9H2,(H2,22,27,28)/t12-/m0/s1. The van der Waals surface area contributed by atoms with Crippen molar-refractivity contribution >= 4 is 25.5 Å². The highest BCUT2D eigenvalue weighted by molar-refractivity contribution is 7.91. The molecule has 12 heteroatoms. The number of sulfone groups is 1. The first kappa shape index (κ1) is 22.5. The normalized spacial score (nSPS) is 16.9. The van der Waals surface area contributed by atoms with Crippen molar-refractivity contribution in [1.82, 2.24) is 0 Å². The van der Waals surface area contributed by atoms with Crippen molar-refractivity contribution in [3.63, 3.8) is 0 Å². The minimum absolute atomic E-state index is 0.402. The largest absolute Gasteiger partial charge is 0.395 e. The zero-order valence-corrected chi connectivity index (χ0v) is 17.2. The van der Waals surface area contributed by atoms with Gasteiger partial charge in [-0.2, -0.15) is 0 Å². The van der Waals surface area contributed by atoms with E-state index in [9.17, 15) is 25.6 Å². The van der Waals surface area contributed by atoms with E-state index < -0.39 is 71.2 Å². The van der Waals surface area contributed by atoms with E-state index in [-0.39, 0.29) is 0 Å². The maximum atomic E-state index is 15.1. The van der Waals surface area contributed by atoms with Gasteiger partial charge in [-0.3, -0.25) is 0 Å². The summed E-state index contributed by atoms with van der Waals surface area (Å²) in [5, 5.41) is 16.4. The summed E-state index contributed by atoms with van der Waals surface area (Å²) in [7, 11) is -9.77. The Balaban J connectivity index is 2.29. The first-order chi connectivity index (χ1) is 14.0. The predicted molar refractivity (Wildman–Crippen MR) is 103 cm³/mol. The number of nitrogens with two attached hydrogens (primary N) is 1. The van der Waals surface area contributed by atoms with Crippen LogP contribution in [0.1, 0.15) is 30.0 Å². The number of aliphatic hydroxyl groups excluding tert-OH is 1. The van der Waals surface area contributed by atoms with Crippen LogP contribution in [-0.2, 0) is 26.3 Å². The number of rotatable bonds is 6. The summed E-state index contributed by atoms with van der Waals surface area (Å²) >= 11 is 0. The zero-order chi connectivity index (χ0) is 22.3. The van der Waals surface area contributed by atoms with Crippen molar-refractivity contribution < 1.29 is 35.1 Å². The average molecular weight is 464 g/mol. The van der Waals surface area contributed by atoms with Gasteiger partial charge in [0.1, 0.15) is 4.90 Å². The number of aryl methyl sites for hydroxylation is 1. The third kappa shape index (κ3) is 4.04. The number of benzene rings is 2. The highest BCUT2D eigenvalue weighted by Crippen LogP contribution is 2.39. The Hall–Kier alpha value is -2.15. The molecule has 3 rings (SSSR count). The number of sulfonamides is 1. The Bertz CT molecular complexity index is 1200. The Kier molecular flexibility index (Phi) is 6.14. The number of hydrogen-bond donors (Lipinski definition) is 3. The molecular weight excluding hydrogens is 445 g/mol. The third-order valence-corrected chi connectivity index (χ3v) is 7.53. The van der Waals surface area contributed by atoms with E-state index in [1.54, 1.807) is 18.2 Å². The second-order valence-corrected chi connectivity index (χ2v) is 10.4. The smallest absolute Gasteiger partial charge is 0.244 e. The van der Waals surface area contributed by atoms with E-state index in [2.05, 4.69) is 5.32 Å². The first-order valence-corrected chi connectivity index (χ1v) is 12.1. The topological polar surface area (TPSA) is 127 Å². The lowest BCUT2D eigenvalue weighted by atomic mass is 9.87. The molecule has 1 aliphatic rings. The number of halogens is 3. The highest BCUT2D eigenvalue weighted by atomic mass is 32.2. The van der Waals surface area contributed by atoms with Gasteiger partial charge >= 0.3 is 0 Å². The van der Waals surface area contributed by atoms with Crippen LogP contribution in [0.2, 0.25) is 0 Å². The molecule has 0 fully saturated rings. The first-order valence-electron chi connectivity index (χ1n) is 8.90. The lowest BCUT2D eigenvalue weighted by Crippen LogP contribution is -2.25. The average Bonchev–Trinajstić information content (AvgIpc) is 2.65. The van der Waals surface area contributed by atoms with Crippen LogP contribution in [-0.4, -0.2) is 34.3 Å². The summed E-state index contributed by atoms with van der Waals surface area (Å²) in [5.74, 6) is -7.18. The molecule has 30 heavy (non-hydrogen) atoms. The number of fused-ring (bicyclic) bond motifs is 1. The third-order valence-electron chi connectivity index (χ3n) is 4.88. The summed E-state index contributed by atoms with van der Waals surface area (Å²) in [4.78, 5) is -3.16. The van der Waals surface area contributed by atoms with Crippen LogP contribution in [0.3, 0.4) is 0 Å². The van der Waals surface area contributed by atoms with E-state index in [0.29, 0.717) is 24.8 Å². The van der Waals surface area contributed by atoms with Crippen LogP contribution in [0.5, 0.6) is 0 Å². The molecule has 0 heterocycles. The molecule has 0 aromatic heterocycles. The Morgan fingerprint density at radius 3 is 2.30 bits per heavy atom. The van der Waals surface area contributed by atoms with Crippen LogP contribution in [0.15, 0.2) is 34.1 Å². The van der Waals surface area contributed by atoms with E-state index in [1.807, 2.05) is 6.07 Å². The quantitative estimate of drug-likeness (QED) is 0.562. The molecule has 2 aromatic rings. The van der Waals surface area contributed by atoms with Crippen molar-refractivity contribution in [2.45, 2.75) is 35.1 Å². The van der Waals surface area contributed by atoms with Crippen molar-refractivity contribution in [2.24, 2.45) is 5.14 Å². The zero-order valence-electron chi connectivity index (χ0n) is 15.5. The van der Waals surface area contributed by atoms with E-state index in [0.717, 1.165) is 5.56 Å². The summed E-state index contributed by atoms with van der Waals surface area (Å²) < 4.78 is 92.5. The molecule has 0 amide bonds. The fourth-order valence-corrected chi connectivity index (χ4v) is 5.55. The van der Waals surface area contributed by atoms with E-state index in [4.69, 9.17) is 10.2 Å². The van der Waals surface area contributed by atoms with Crippen LogP contribution in [0.25, 0.3) is 0 Å². The SMILES string of the molecule is NS(=O)(=O)c1c(F)c(F)c(S(=O)(=O)CCO)c(N[C@H]2CCCc3ccccc32)c1F. The molecule has 0 spiro atoms. The van der Waals surface area contributed by atoms with Gasteiger partial charge < -0.3 is 10.4 Å². The highest BCUT2D eigenvalue weighted by Gasteiger charge is 2.37. The van der Waals surface area contributed by atoms with Crippen molar-refractivity contribution in [3.05, 3.63) is 52.8 Å². The molecule has 0 saturated heterocycles. The van der Waals surface area contributed by atoms with Gasteiger partial charge in [-0.05, 0) is 30.4 Å².